The van der Waals surface area contributed by atoms with Crippen LogP contribution in [0.4, 0.5) is 0 Å². The maximum atomic E-state index is 12.1. The molecule has 0 saturated heterocycles. The first-order valence-electron chi connectivity index (χ1n) is 12.3. The van der Waals surface area contributed by atoms with Crippen LogP contribution < -0.4 is 14.8 Å². The SMILES string of the molecule is Cc1cccc(C)c1OCCCn1c(CCCNC(=O)COc2ccc(Cl)cc2)nc2ccccc21. The highest BCUT2D eigenvalue weighted by Crippen LogP contribution is 2.23. The smallest absolute Gasteiger partial charge is 0.257 e. The predicted octanol–water partition coefficient (Wildman–Crippen LogP) is 5.90. The van der Waals surface area contributed by atoms with Crippen LogP contribution in [0.3, 0.4) is 0 Å². The molecule has 1 aromatic heterocycles. The lowest BCUT2D eigenvalue weighted by atomic mass is 10.1. The number of carbonyl (C=O) groups is 1. The van der Waals surface area contributed by atoms with Gasteiger partial charge in [-0.1, -0.05) is 41.9 Å². The van der Waals surface area contributed by atoms with Gasteiger partial charge in [-0.25, -0.2) is 4.98 Å². The number of hydrogen-bond acceptors (Lipinski definition) is 4. The standard InChI is InChI=1S/C29H32ClN3O3/c1-21-8-5-9-22(2)29(21)35-19-7-18-33-26-11-4-3-10-25(26)32-27(33)12-6-17-31-28(34)20-36-24-15-13-23(30)14-16-24/h3-5,8-11,13-16H,6-7,12,17-20H2,1-2H3,(H,31,34). The summed E-state index contributed by atoms with van der Waals surface area (Å²) in [4.78, 5) is 17.0. The molecule has 0 fully saturated rings. The molecule has 0 unspecified atom stereocenters. The largest absolute Gasteiger partial charge is 0.493 e. The molecule has 188 valence electrons. The van der Waals surface area contributed by atoms with Gasteiger partial charge in [-0.2, -0.15) is 0 Å². The van der Waals surface area contributed by atoms with Gasteiger partial charge in [-0.05, 0) is 74.2 Å². The van der Waals surface area contributed by atoms with E-state index < -0.39 is 0 Å². The van der Waals surface area contributed by atoms with Gasteiger partial charge in [0.15, 0.2) is 6.61 Å². The molecule has 0 aliphatic rings. The van der Waals surface area contributed by atoms with E-state index in [1.54, 1.807) is 24.3 Å². The van der Waals surface area contributed by atoms with Crippen LogP contribution in [-0.4, -0.2) is 35.2 Å². The van der Waals surface area contributed by atoms with Crippen LogP contribution in [0.1, 0.15) is 29.8 Å². The fourth-order valence-electron chi connectivity index (χ4n) is 4.19. The van der Waals surface area contributed by atoms with Crippen LogP contribution in [-0.2, 0) is 17.8 Å². The van der Waals surface area contributed by atoms with Crippen molar-refractivity contribution in [2.75, 3.05) is 19.8 Å². The fourth-order valence-corrected chi connectivity index (χ4v) is 4.32. The lowest BCUT2D eigenvalue weighted by Gasteiger charge is -2.13. The number of halogens is 1. The number of benzene rings is 3. The van der Waals surface area contributed by atoms with Crippen LogP contribution in [0.15, 0.2) is 66.7 Å². The Balaban J connectivity index is 1.27. The van der Waals surface area contributed by atoms with Crippen molar-refractivity contribution in [2.24, 2.45) is 0 Å². The average molecular weight is 506 g/mol. The van der Waals surface area contributed by atoms with E-state index in [-0.39, 0.29) is 12.5 Å². The summed E-state index contributed by atoms with van der Waals surface area (Å²) in [5.74, 6) is 2.46. The van der Waals surface area contributed by atoms with Crippen molar-refractivity contribution in [1.82, 2.24) is 14.9 Å². The van der Waals surface area contributed by atoms with Gasteiger partial charge in [0.2, 0.25) is 0 Å². The third-order valence-electron chi connectivity index (χ3n) is 6.00. The molecule has 0 aliphatic heterocycles. The molecule has 0 aliphatic carbocycles. The summed E-state index contributed by atoms with van der Waals surface area (Å²) in [6.45, 7) is 6.14. The van der Waals surface area contributed by atoms with Gasteiger partial charge >= 0.3 is 0 Å². The van der Waals surface area contributed by atoms with E-state index in [2.05, 4.69) is 48.0 Å². The summed E-state index contributed by atoms with van der Waals surface area (Å²) in [6, 6.07) is 21.3. The minimum Gasteiger partial charge on any atom is -0.493 e. The molecule has 3 aromatic carbocycles. The number of ether oxygens (including phenoxy) is 2. The molecule has 4 aromatic rings. The molecular weight excluding hydrogens is 474 g/mol. The highest BCUT2D eigenvalue weighted by molar-refractivity contribution is 6.30. The molecule has 0 saturated carbocycles. The molecule has 0 atom stereocenters. The third-order valence-corrected chi connectivity index (χ3v) is 6.25. The Morgan fingerprint density at radius 1 is 0.944 bits per heavy atom. The Bertz CT molecular complexity index is 1280. The van der Waals surface area contributed by atoms with Gasteiger partial charge in [0.25, 0.3) is 5.91 Å². The van der Waals surface area contributed by atoms with E-state index in [0.717, 1.165) is 59.5 Å². The summed E-state index contributed by atoms with van der Waals surface area (Å²) in [6.07, 6.45) is 2.43. The molecule has 7 heteroatoms. The molecule has 4 rings (SSSR count). The number of aromatic nitrogens is 2. The number of hydrogen-bond donors (Lipinski definition) is 1. The Kier molecular flexibility index (Phi) is 8.85. The molecule has 1 heterocycles. The first-order chi connectivity index (χ1) is 17.5. The van der Waals surface area contributed by atoms with Crippen molar-refractivity contribution in [3.63, 3.8) is 0 Å². The van der Waals surface area contributed by atoms with E-state index in [0.29, 0.717) is 23.9 Å². The number of fused-ring (bicyclic) bond motifs is 1. The van der Waals surface area contributed by atoms with Crippen molar-refractivity contribution in [1.29, 1.82) is 0 Å². The van der Waals surface area contributed by atoms with E-state index in [1.165, 1.54) is 0 Å². The number of para-hydroxylation sites is 3. The zero-order valence-electron chi connectivity index (χ0n) is 20.8. The maximum absolute atomic E-state index is 12.1. The van der Waals surface area contributed by atoms with Crippen molar-refractivity contribution in [2.45, 2.75) is 39.7 Å². The van der Waals surface area contributed by atoms with Gasteiger partial charge in [0.05, 0.1) is 17.6 Å². The third kappa shape index (κ3) is 6.79. The molecule has 0 radical (unpaired) electrons. The van der Waals surface area contributed by atoms with Gasteiger partial charge < -0.3 is 19.4 Å². The van der Waals surface area contributed by atoms with Gasteiger partial charge in [-0.3, -0.25) is 4.79 Å². The van der Waals surface area contributed by atoms with Crippen LogP contribution >= 0.6 is 11.6 Å². The van der Waals surface area contributed by atoms with Crippen molar-refractivity contribution in [3.8, 4) is 11.5 Å². The first kappa shape index (κ1) is 25.6. The van der Waals surface area contributed by atoms with Crippen molar-refractivity contribution >= 4 is 28.5 Å². The Morgan fingerprint density at radius 3 is 2.47 bits per heavy atom. The zero-order valence-corrected chi connectivity index (χ0v) is 21.6. The molecular formula is C29H32ClN3O3. The molecule has 0 bridgehead atoms. The second kappa shape index (κ2) is 12.5. The average Bonchev–Trinajstić information content (AvgIpc) is 3.23. The number of aryl methyl sites for hydroxylation is 4. The highest BCUT2D eigenvalue weighted by Gasteiger charge is 2.11. The van der Waals surface area contributed by atoms with Crippen LogP contribution in [0.25, 0.3) is 11.0 Å². The molecule has 0 spiro atoms. The second-order valence-corrected chi connectivity index (χ2v) is 9.22. The molecule has 1 amide bonds. The minimum absolute atomic E-state index is 0.0273. The summed E-state index contributed by atoms with van der Waals surface area (Å²) in [7, 11) is 0. The Morgan fingerprint density at radius 2 is 1.69 bits per heavy atom. The van der Waals surface area contributed by atoms with E-state index in [9.17, 15) is 4.79 Å². The van der Waals surface area contributed by atoms with Crippen LogP contribution in [0.5, 0.6) is 11.5 Å². The predicted molar refractivity (Wildman–Crippen MR) is 144 cm³/mol. The number of nitrogens with one attached hydrogen (secondary N) is 1. The highest BCUT2D eigenvalue weighted by atomic mass is 35.5. The summed E-state index contributed by atoms with van der Waals surface area (Å²) in [5, 5.41) is 3.55. The summed E-state index contributed by atoms with van der Waals surface area (Å²) >= 11 is 5.87. The number of carbonyl (C=O) groups excluding carboxylic acids is 1. The quantitative estimate of drug-likeness (QED) is 0.243. The Labute approximate surface area is 217 Å². The first-order valence-corrected chi connectivity index (χ1v) is 12.7. The van der Waals surface area contributed by atoms with E-state index in [1.807, 2.05) is 18.2 Å². The maximum Gasteiger partial charge on any atom is 0.257 e. The van der Waals surface area contributed by atoms with Gasteiger partial charge in [0.1, 0.15) is 17.3 Å². The summed E-state index contributed by atoms with van der Waals surface area (Å²) in [5.41, 5.74) is 4.43. The van der Waals surface area contributed by atoms with Crippen molar-refractivity contribution < 1.29 is 14.3 Å². The van der Waals surface area contributed by atoms with E-state index in [4.69, 9.17) is 26.1 Å². The number of rotatable bonds is 12. The minimum atomic E-state index is -0.151. The lowest BCUT2D eigenvalue weighted by Crippen LogP contribution is -2.30. The summed E-state index contributed by atoms with van der Waals surface area (Å²) < 4.78 is 13.9. The number of nitrogens with zero attached hydrogens (tertiary/aromatic N) is 2. The number of imidazole rings is 1. The number of amides is 1. The van der Waals surface area contributed by atoms with Crippen LogP contribution in [0, 0.1) is 13.8 Å². The molecule has 6 nitrogen and oxygen atoms in total. The molecule has 1 N–H and O–H groups in total. The lowest BCUT2D eigenvalue weighted by molar-refractivity contribution is -0.123. The van der Waals surface area contributed by atoms with E-state index >= 15 is 0 Å². The molecule has 36 heavy (non-hydrogen) atoms. The fraction of sp³-hybridized carbons (Fsp3) is 0.310. The monoisotopic (exact) mass is 505 g/mol. The van der Waals surface area contributed by atoms with Crippen molar-refractivity contribution in [3.05, 3.63) is 88.7 Å². The Hall–Kier alpha value is -3.51. The van der Waals surface area contributed by atoms with Gasteiger partial charge in [0, 0.05) is 24.5 Å². The normalized spacial score (nSPS) is 11.0. The van der Waals surface area contributed by atoms with Gasteiger partial charge in [-0.15, -0.1) is 0 Å². The topological polar surface area (TPSA) is 65.4 Å². The zero-order chi connectivity index (χ0) is 25.3. The second-order valence-electron chi connectivity index (χ2n) is 8.79. The van der Waals surface area contributed by atoms with Crippen LogP contribution in [0.2, 0.25) is 5.02 Å².